The van der Waals surface area contributed by atoms with E-state index in [9.17, 15) is 0 Å². The Morgan fingerprint density at radius 2 is 2.12 bits per heavy atom. The molecule has 2 nitrogen and oxygen atoms in total. The van der Waals surface area contributed by atoms with Gasteiger partial charge in [0, 0.05) is 12.6 Å². The van der Waals surface area contributed by atoms with E-state index < -0.39 is 0 Å². The highest BCUT2D eigenvalue weighted by molar-refractivity contribution is 7.98. The Morgan fingerprint density at radius 3 is 2.76 bits per heavy atom. The van der Waals surface area contributed by atoms with Crippen molar-refractivity contribution in [1.29, 1.82) is 5.26 Å². The van der Waals surface area contributed by atoms with Crippen LogP contribution >= 0.6 is 11.8 Å². The van der Waals surface area contributed by atoms with E-state index in [0.29, 0.717) is 6.04 Å². The molecule has 0 bridgehead atoms. The molecule has 0 radical (unpaired) electrons. The second-order valence-corrected chi connectivity index (χ2v) is 5.30. The van der Waals surface area contributed by atoms with Crippen molar-refractivity contribution in [2.75, 3.05) is 19.1 Å². The van der Waals surface area contributed by atoms with Gasteiger partial charge in [0.2, 0.25) is 0 Å². The molecule has 1 aromatic rings. The Morgan fingerprint density at radius 1 is 1.41 bits per heavy atom. The van der Waals surface area contributed by atoms with Gasteiger partial charge in [-0.25, -0.2) is 0 Å². The Hall–Kier alpha value is -0.980. The number of nitriles is 1. The molecular formula is C14H20N2S. The van der Waals surface area contributed by atoms with Crippen molar-refractivity contribution in [2.24, 2.45) is 0 Å². The Balaban J connectivity index is 2.61. The zero-order valence-electron chi connectivity index (χ0n) is 10.8. The van der Waals surface area contributed by atoms with Crippen LogP contribution in [0.2, 0.25) is 0 Å². The van der Waals surface area contributed by atoms with Crippen LogP contribution in [0.15, 0.2) is 24.3 Å². The summed E-state index contributed by atoms with van der Waals surface area (Å²) in [6, 6.07) is 10.6. The molecule has 0 aromatic heterocycles. The molecule has 0 heterocycles. The Bertz CT molecular complexity index is 384. The average molecular weight is 248 g/mol. The maximum atomic E-state index is 9.04. The topological polar surface area (TPSA) is 27.0 Å². The van der Waals surface area contributed by atoms with Gasteiger partial charge in [-0.15, -0.1) is 0 Å². The van der Waals surface area contributed by atoms with Gasteiger partial charge in [0.1, 0.15) is 0 Å². The first-order valence-electron chi connectivity index (χ1n) is 5.86. The van der Waals surface area contributed by atoms with Crippen LogP contribution in [0, 0.1) is 11.3 Å². The molecular weight excluding hydrogens is 228 g/mol. The number of hydrogen-bond acceptors (Lipinski definition) is 3. The molecule has 1 unspecified atom stereocenters. The predicted octanol–water partition coefficient (Wildman–Crippen LogP) is 3.13. The summed E-state index contributed by atoms with van der Waals surface area (Å²) in [5, 5.41) is 9.04. The molecule has 0 fully saturated rings. The molecule has 0 aliphatic carbocycles. The van der Waals surface area contributed by atoms with Gasteiger partial charge in [0.15, 0.2) is 0 Å². The van der Waals surface area contributed by atoms with Crippen molar-refractivity contribution in [1.82, 2.24) is 4.90 Å². The fraction of sp³-hybridized carbons (Fsp3) is 0.500. The minimum Gasteiger partial charge on any atom is -0.299 e. The fourth-order valence-corrected chi connectivity index (χ4v) is 2.28. The largest absolute Gasteiger partial charge is 0.299 e. The lowest BCUT2D eigenvalue weighted by atomic mass is 10.1. The van der Waals surface area contributed by atoms with E-state index in [1.54, 1.807) is 0 Å². The lowest BCUT2D eigenvalue weighted by molar-refractivity contribution is 0.245. The Labute approximate surface area is 109 Å². The number of thioether (sulfide) groups is 1. The molecule has 0 saturated carbocycles. The van der Waals surface area contributed by atoms with E-state index in [1.165, 1.54) is 12.2 Å². The smallest absolute Gasteiger partial charge is 0.0995 e. The summed E-state index contributed by atoms with van der Waals surface area (Å²) in [7, 11) is 2.12. The summed E-state index contributed by atoms with van der Waals surface area (Å²) in [6.07, 6.45) is 3.32. The highest BCUT2D eigenvalue weighted by Gasteiger charge is 2.10. The molecule has 1 atom stereocenters. The lowest BCUT2D eigenvalue weighted by Crippen LogP contribution is -2.29. The minimum atomic E-state index is 0.550. The normalized spacial score (nSPS) is 12.4. The standard InChI is InChI=1S/C14H20N2S/c1-12(8-9-17-3)16(2)11-14-7-5-4-6-13(14)10-15/h4-7,12H,8-9,11H2,1-3H3. The third kappa shape index (κ3) is 4.41. The minimum absolute atomic E-state index is 0.550. The molecule has 17 heavy (non-hydrogen) atoms. The highest BCUT2D eigenvalue weighted by Crippen LogP contribution is 2.13. The quantitative estimate of drug-likeness (QED) is 0.774. The van der Waals surface area contributed by atoms with Gasteiger partial charge in [0.25, 0.3) is 0 Å². The van der Waals surface area contributed by atoms with Crippen molar-refractivity contribution >= 4 is 11.8 Å². The average Bonchev–Trinajstić information content (AvgIpc) is 2.36. The molecule has 0 aliphatic heterocycles. The molecule has 0 spiro atoms. The second-order valence-electron chi connectivity index (χ2n) is 4.31. The summed E-state index contributed by atoms with van der Waals surface area (Å²) < 4.78 is 0. The van der Waals surface area contributed by atoms with Gasteiger partial charge in [-0.2, -0.15) is 17.0 Å². The summed E-state index contributed by atoms with van der Waals surface area (Å²) in [4.78, 5) is 2.31. The van der Waals surface area contributed by atoms with Crippen LogP contribution in [0.5, 0.6) is 0 Å². The summed E-state index contributed by atoms with van der Waals surface area (Å²) in [5.41, 5.74) is 1.91. The predicted molar refractivity (Wildman–Crippen MR) is 75.1 cm³/mol. The highest BCUT2D eigenvalue weighted by atomic mass is 32.2. The zero-order valence-corrected chi connectivity index (χ0v) is 11.6. The van der Waals surface area contributed by atoms with E-state index in [4.69, 9.17) is 5.26 Å². The first-order valence-corrected chi connectivity index (χ1v) is 7.25. The number of nitrogens with zero attached hydrogens (tertiary/aromatic N) is 2. The number of benzene rings is 1. The molecule has 1 aromatic carbocycles. The van der Waals surface area contributed by atoms with E-state index in [1.807, 2.05) is 36.0 Å². The summed E-state index contributed by atoms with van der Waals surface area (Å²) in [5.74, 6) is 1.19. The maximum Gasteiger partial charge on any atom is 0.0995 e. The van der Waals surface area contributed by atoms with Crippen LogP contribution in [0.1, 0.15) is 24.5 Å². The van der Waals surface area contributed by atoms with Crippen LogP contribution in [-0.2, 0) is 6.54 Å². The van der Waals surface area contributed by atoms with Crippen LogP contribution < -0.4 is 0 Å². The van der Waals surface area contributed by atoms with Crippen LogP contribution in [-0.4, -0.2) is 30.0 Å². The van der Waals surface area contributed by atoms with E-state index in [0.717, 1.165) is 17.7 Å². The third-order valence-corrected chi connectivity index (χ3v) is 3.69. The first kappa shape index (κ1) is 14.1. The van der Waals surface area contributed by atoms with Crippen molar-refractivity contribution in [3.8, 4) is 6.07 Å². The molecule has 0 amide bonds. The summed E-state index contributed by atoms with van der Waals surface area (Å²) >= 11 is 1.88. The molecule has 92 valence electrons. The fourth-order valence-electron chi connectivity index (χ4n) is 1.70. The van der Waals surface area contributed by atoms with Crippen LogP contribution in [0.25, 0.3) is 0 Å². The van der Waals surface area contributed by atoms with Crippen molar-refractivity contribution < 1.29 is 0 Å². The van der Waals surface area contributed by atoms with Gasteiger partial charge >= 0.3 is 0 Å². The third-order valence-electron chi connectivity index (χ3n) is 3.05. The van der Waals surface area contributed by atoms with Gasteiger partial charge in [-0.3, -0.25) is 4.90 Å². The van der Waals surface area contributed by atoms with Crippen molar-refractivity contribution in [3.05, 3.63) is 35.4 Å². The van der Waals surface area contributed by atoms with Crippen LogP contribution in [0.4, 0.5) is 0 Å². The molecule has 0 N–H and O–H groups in total. The number of rotatable bonds is 6. The van der Waals surface area contributed by atoms with E-state index in [2.05, 4.69) is 31.2 Å². The number of hydrogen-bond donors (Lipinski definition) is 0. The van der Waals surface area contributed by atoms with Crippen molar-refractivity contribution in [3.63, 3.8) is 0 Å². The maximum absolute atomic E-state index is 9.04. The monoisotopic (exact) mass is 248 g/mol. The van der Waals surface area contributed by atoms with Gasteiger partial charge in [0.05, 0.1) is 11.6 Å². The van der Waals surface area contributed by atoms with Crippen LogP contribution in [0.3, 0.4) is 0 Å². The Kier molecular flexibility index (Phi) is 6.10. The zero-order chi connectivity index (χ0) is 12.7. The van der Waals surface area contributed by atoms with Gasteiger partial charge in [-0.1, -0.05) is 18.2 Å². The first-order chi connectivity index (χ1) is 8.19. The molecule has 0 saturated heterocycles. The molecule has 3 heteroatoms. The van der Waals surface area contributed by atoms with Gasteiger partial charge in [-0.05, 0) is 44.0 Å². The molecule has 0 aliphatic rings. The van der Waals surface area contributed by atoms with E-state index >= 15 is 0 Å². The van der Waals surface area contributed by atoms with Gasteiger partial charge < -0.3 is 0 Å². The lowest BCUT2D eigenvalue weighted by Gasteiger charge is -2.24. The van der Waals surface area contributed by atoms with E-state index in [-0.39, 0.29) is 0 Å². The SMILES string of the molecule is CSCCC(C)N(C)Cc1ccccc1C#N. The molecule has 1 rings (SSSR count). The summed E-state index contributed by atoms with van der Waals surface area (Å²) in [6.45, 7) is 3.09. The van der Waals surface area contributed by atoms with Crippen molar-refractivity contribution in [2.45, 2.75) is 25.9 Å². The second kappa shape index (κ2) is 7.37.